The van der Waals surface area contributed by atoms with Crippen molar-refractivity contribution in [2.24, 2.45) is 5.73 Å². The second-order valence-electron chi connectivity index (χ2n) is 3.13. The van der Waals surface area contributed by atoms with Crippen LogP contribution in [0.5, 0.6) is 0 Å². The van der Waals surface area contributed by atoms with Crippen LogP contribution in [0.2, 0.25) is 0 Å². The van der Waals surface area contributed by atoms with Gasteiger partial charge in [0.05, 0.1) is 0 Å². The van der Waals surface area contributed by atoms with Crippen LogP contribution in [0.4, 0.5) is 4.79 Å². The number of nitrogens with two attached hydrogens (primary N) is 1. The van der Waals surface area contributed by atoms with Gasteiger partial charge in [0.25, 0.3) is 0 Å². The number of hydrogen-bond donors (Lipinski definition) is 4. The molecular formula is C6H12N4OS. The van der Waals surface area contributed by atoms with Crippen LogP contribution < -0.4 is 21.9 Å². The van der Waals surface area contributed by atoms with E-state index < -0.39 is 6.03 Å². The van der Waals surface area contributed by atoms with E-state index in [2.05, 4.69) is 23.1 Å². The highest BCUT2D eigenvalue weighted by molar-refractivity contribution is 7.80. The van der Waals surface area contributed by atoms with E-state index in [1.54, 1.807) is 0 Å². The van der Waals surface area contributed by atoms with Crippen molar-refractivity contribution in [2.75, 3.05) is 0 Å². The van der Waals surface area contributed by atoms with Gasteiger partial charge in [0.1, 0.15) is 0 Å². The van der Waals surface area contributed by atoms with Gasteiger partial charge in [0, 0.05) is 5.54 Å². The van der Waals surface area contributed by atoms with Gasteiger partial charge in [0.15, 0.2) is 5.11 Å². The summed E-state index contributed by atoms with van der Waals surface area (Å²) in [7, 11) is 0. The van der Waals surface area contributed by atoms with Crippen LogP contribution in [0, 0.1) is 0 Å². The molecule has 0 heterocycles. The number of carbonyl (C=O) groups excluding carboxylic acids is 1. The monoisotopic (exact) mass is 188 g/mol. The van der Waals surface area contributed by atoms with Crippen molar-refractivity contribution in [1.29, 1.82) is 0 Å². The maximum atomic E-state index is 10.2. The predicted octanol–water partition coefficient (Wildman–Crippen LogP) is -0.414. The molecule has 0 atom stereocenters. The number of nitrogens with one attached hydrogen (secondary N) is 3. The molecule has 0 aromatic carbocycles. The number of thiocarbonyl (C=S) groups is 1. The Kier molecular flexibility index (Phi) is 2.37. The number of hydrazine groups is 1. The average molecular weight is 188 g/mol. The Morgan fingerprint density at radius 3 is 2.50 bits per heavy atom. The van der Waals surface area contributed by atoms with Gasteiger partial charge >= 0.3 is 6.03 Å². The van der Waals surface area contributed by atoms with Crippen LogP contribution >= 0.6 is 12.2 Å². The Hall–Kier alpha value is -1.04. The fourth-order valence-corrected chi connectivity index (χ4v) is 1.03. The molecule has 5 N–H and O–H groups in total. The summed E-state index contributed by atoms with van der Waals surface area (Å²) in [5, 5.41) is 3.43. The number of urea groups is 1. The summed E-state index contributed by atoms with van der Waals surface area (Å²) in [5.41, 5.74) is 9.59. The molecular weight excluding hydrogens is 176 g/mol. The number of carbonyl (C=O) groups is 1. The molecule has 1 aliphatic rings. The zero-order valence-electron chi connectivity index (χ0n) is 6.81. The molecule has 0 saturated heterocycles. The lowest BCUT2D eigenvalue weighted by molar-refractivity contribution is 0.247. The molecule has 2 amide bonds. The SMILES string of the molecule is CC1(NC(=S)NNC(N)=O)CC1. The quantitative estimate of drug-likeness (QED) is 0.333. The zero-order valence-corrected chi connectivity index (χ0v) is 7.62. The van der Waals surface area contributed by atoms with Gasteiger partial charge in [-0.2, -0.15) is 0 Å². The first kappa shape index (κ1) is 9.05. The second kappa shape index (κ2) is 3.14. The minimum Gasteiger partial charge on any atom is -0.356 e. The van der Waals surface area contributed by atoms with Gasteiger partial charge < -0.3 is 11.1 Å². The van der Waals surface area contributed by atoms with E-state index >= 15 is 0 Å². The van der Waals surface area contributed by atoms with Gasteiger partial charge in [-0.1, -0.05) is 0 Å². The molecule has 0 aromatic rings. The van der Waals surface area contributed by atoms with E-state index in [1.807, 2.05) is 0 Å². The van der Waals surface area contributed by atoms with Crippen molar-refractivity contribution < 1.29 is 4.79 Å². The highest BCUT2D eigenvalue weighted by Crippen LogP contribution is 2.33. The average Bonchev–Trinajstić information content (AvgIpc) is 2.64. The van der Waals surface area contributed by atoms with Crippen LogP contribution in [0.15, 0.2) is 0 Å². The normalized spacial score (nSPS) is 17.8. The molecule has 68 valence electrons. The first-order chi connectivity index (χ1) is 5.52. The smallest absolute Gasteiger partial charge is 0.330 e. The summed E-state index contributed by atoms with van der Waals surface area (Å²) >= 11 is 4.87. The topological polar surface area (TPSA) is 79.2 Å². The standard InChI is InChI=1S/C6H12N4OS/c1-6(2-3-6)8-5(12)10-9-4(7)11/h2-3H2,1H3,(H3,7,9,11)(H2,8,10,12). The summed E-state index contributed by atoms with van der Waals surface area (Å²) in [6.07, 6.45) is 2.21. The summed E-state index contributed by atoms with van der Waals surface area (Å²) in [6, 6.07) is -0.653. The molecule has 1 saturated carbocycles. The van der Waals surface area contributed by atoms with Crippen molar-refractivity contribution in [1.82, 2.24) is 16.2 Å². The number of hydrogen-bond acceptors (Lipinski definition) is 2. The van der Waals surface area contributed by atoms with Crippen molar-refractivity contribution in [3.8, 4) is 0 Å². The first-order valence-corrected chi connectivity index (χ1v) is 4.06. The molecule has 1 rings (SSSR count). The lowest BCUT2D eigenvalue weighted by Crippen LogP contribution is -2.51. The third-order valence-corrected chi connectivity index (χ3v) is 1.92. The first-order valence-electron chi connectivity index (χ1n) is 3.65. The molecule has 6 heteroatoms. The van der Waals surface area contributed by atoms with Gasteiger partial charge in [0.2, 0.25) is 0 Å². The van der Waals surface area contributed by atoms with E-state index in [0.717, 1.165) is 12.8 Å². The number of primary amides is 1. The van der Waals surface area contributed by atoms with E-state index in [9.17, 15) is 4.79 Å². The molecule has 0 aromatic heterocycles. The third kappa shape index (κ3) is 2.91. The van der Waals surface area contributed by atoms with E-state index in [1.165, 1.54) is 0 Å². The van der Waals surface area contributed by atoms with Crippen LogP contribution in [-0.4, -0.2) is 16.7 Å². The summed E-state index contributed by atoms with van der Waals surface area (Å²) < 4.78 is 0. The van der Waals surface area contributed by atoms with Crippen LogP contribution in [-0.2, 0) is 0 Å². The molecule has 0 aliphatic heterocycles. The Bertz CT molecular complexity index is 214. The van der Waals surface area contributed by atoms with Crippen molar-refractivity contribution in [3.05, 3.63) is 0 Å². The molecule has 0 unspecified atom stereocenters. The second-order valence-corrected chi connectivity index (χ2v) is 3.54. The lowest BCUT2D eigenvalue weighted by Gasteiger charge is -2.14. The van der Waals surface area contributed by atoms with E-state index in [0.29, 0.717) is 5.11 Å². The van der Waals surface area contributed by atoms with Gasteiger partial charge in [-0.15, -0.1) is 0 Å². The largest absolute Gasteiger partial charge is 0.356 e. The summed E-state index contributed by atoms with van der Waals surface area (Å²) in [5.74, 6) is 0. The van der Waals surface area contributed by atoms with Crippen molar-refractivity contribution >= 4 is 23.4 Å². The summed E-state index contributed by atoms with van der Waals surface area (Å²) in [6.45, 7) is 2.06. The Morgan fingerprint density at radius 1 is 1.50 bits per heavy atom. The fraction of sp³-hybridized carbons (Fsp3) is 0.667. The van der Waals surface area contributed by atoms with Gasteiger partial charge in [-0.25, -0.2) is 10.2 Å². The minimum atomic E-state index is -0.653. The highest BCUT2D eigenvalue weighted by atomic mass is 32.1. The van der Waals surface area contributed by atoms with E-state index in [4.69, 9.17) is 18.0 Å². The van der Waals surface area contributed by atoms with Crippen LogP contribution in [0.1, 0.15) is 19.8 Å². The molecule has 0 spiro atoms. The summed E-state index contributed by atoms with van der Waals surface area (Å²) in [4.78, 5) is 10.2. The molecule has 0 bridgehead atoms. The highest BCUT2D eigenvalue weighted by Gasteiger charge is 2.37. The minimum absolute atomic E-state index is 0.114. The molecule has 1 aliphatic carbocycles. The Morgan fingerprint density at radius 2 is 2.08 bits per heavy atom. The zero-order chi connectivity index (χ0) is 9.19. The van der Waals surface area contributed by atoms with E-state index in [-0.39, 0.29) is 5.54 Å². The fourth-order valence-electron chi connectivity index (χ4n) is 0.736. The lowest BCUT2D eigenvalue weighted by atomic mass is 10.3. The van der Waals surface area contributed by atoms with Gasteiger partial charge in [-0.05, 0) is 32.0 Å². The molecule has 1 fully saturated rings. The maximum absolute atomic E-state index is 10.2. The van der Waals surface area contributed by atoms with Crippen molar-refractivity contribution in [2.45, 2.75) is 25.3 Å². The molecule has 0 radical (unpaired) electrons. The number of amides is 2. The molecule has 12 heavy (non-hydrogen) atoms. The maximum Gasteiger partial charge on any atom is 0.330 e. The van der Waals surface area contributed by atoms with Gasteiger partial charge in [-0.3, -0.25) is 5.43 Å². The number of rotatable bonds is 1. The Balaban J connectivity index is 2.16. The third-order valence-electron chi connectivity index (χ3n) is 1.71. The Labute approximate surface area is 76.0 Å². The van der Waals surface area contributed by atoms with Crippen LogP contribution in [0.25, 0.3) is 0 Å². The van der Waals surface area contributed by atoms with Crippen LogP contribution in [0.3, 0.4) is 0 Å². The predicted molar refractivity (Wildman–Crippen MR) is 49.2 cm³/mol. The van der Waals surface area contributed by atoms with Crippen molar-refractivity contribution in [3.63, 3.8) is 0 Å². The molecule has 5 nitrogen and oxygen atoms in total.